The van der Waals surface area contributed by atoms with E-state index < -0.39 is 5.69 Å². The Bertz CT molecular complexity index is 1070. The molecule has 0 saturated carbocycles. The van der Waals surface area contributed by atoms with Crippen molar-refractivity contribution in [1.29, 1.82) is 0 Å². The highest BCUT2D eigenvalue weighted by atomic mass is 32.2. The van der Waals surface area contributed by atoms with E-state index in [0.29, 0.717) is 21.9 Å². The Morgan fingerprint density at radius 2 is 1.74 bits per heavy atom. The van der Waals surface area contributed by atoms with Gasteiger partial charge in [0.25, 0.3) is 5.56 Å². The molecule has 0 aliphatic heterocycles. The van der Waals surface area contributed by atoms with E-state index in [9.17, 15) is 9.59 Å². The standard InChI is InChI=1S/C19H23N5O2S/c1-22(2)11-8-12-27-17-14-16(23(3)19(26)24(4)18(14)25)20-15(21-17)13-9-6-5-7-10-13/h5-7,9-10H,8,11-12H2,1-4H3. The summed E-state index contributed by atoms with van der Waals surface area (Å²) < 4.78 is 2.52. The molecular weight excluding hydrogens is 362 g/mol. The van der Waals surface area contributed by atoms with Gasteiger partial charge in [0, 0.05) is 25.4 Å². The van der Waals surface area contributed by atoms with Crippen molar-refractivity contribution < 1.29 is 0 Å². The van der Waals surface area contributed by atoms with E-state index in [1.54, 1.807) is 7.05 Å². The van der Waals surface area contributed by atoms with Gasteiger partial charge in [-0.3, -0.25) is 13.9 Å². The molecule has 0 unspecified atom stereocenters. The van der Waals surface area contributed by atoms with Crippen LogP contribution in [0.1, 0.15) is 6.42 Å². The molecule has 2 aromatic heterocycles. The number of rotatable bonds is 6. The Labute approximate surface area is 161 Å². The average molecular weight is 385 g/mol. The molecule has 1 aromatic carbocycles. The van der Waals surface area contributed by atoms with Gasteiger partial charge in [0.2, 0.25) is 0 Å². The van der Waals surface area contributed by atoms with Gasteiger partial charge in [0.15, 0.2) is 11.5 Å². The van der Waals surface area contributed by atoms with E-state index in [0.717, 1.165) is 28.8 Å². The third-order valence-electron chi connectivity index (χ3n) is 4.29. The highest BCUT2D eigenvalue weighted by molar-refractivity contribution is 7.99. The minimum atomic E-state index is -0.395. The van der Waals surface area contributed by atoms with E-state index >= 15 is 0 Å². The third kappa shape index (κ3) is 3.96. The molecule has 0 aliphatic carbocycles. The lowest BCUT2D eigenvalue weighted by Crippen LogP contribution is -2.37. The van der Waals surface area contributed by atoms with Gasteiger partial charge in [-0.25, -0.2) is 14.8 Å². The van der Waals surface area contributed by atoms with Crippen molar-refractivity contribution >= 4 is 22.8 Å². The first-order chi connectivity index (χ1) is 12.9. The van der Waals surface area contributed by atoms with Crippen molar-refractivity contribution in [2.75, 3.05) is 26.4 Å². The number of hydrogen-bond donors (Lipinski definition) is 0. The van der Waals surface area contributed by atoms with Gasteiger partial charge >= 0.3 is 5.69 Å². The van der Waals surface area contributed by atoms with Crippen molar-refractivity contribution in [3.05, 3.63) is 51.2 Å². The monoisotopic (exact) mass is 385 g/mol. The van der Waals surface area contributed by atoms with Crippen LogP contribution in [0.2, 0.25) is 0 Å². The molecule has 0 aliphatic rings. The molecule has 0 radical (unpaired) electrons. The van der Waals surface area contributed by atoms with Crippen LogP contribution < -0.4 is 11.2 Å². The summed E-state index contributed by atoms with van der Waals surface area (Å²) in [5, 5.41) is 1.02. The molecular formula is C19H23N5O2S. The number of aryl methyl sites for hydroxylation is 1. The second kappa shape index (κ2) is 8.06. The predicted octanol–water partition coefficient (Wildman–Crippen LogP) is 1.74. The topological polar surface area (TPSA) is 73.0 Å². The van der Waals surface area contributed by atoms with E-state index in [2.05, 4.69) is 14.9 Å². The molecule has 0 bridgehead atoms. The van der Waals surface area contributed by atoms with Gasteiger partial charge in [-0.15, -0.1) is 11.8 Å². The lowest BCUT2D eigenvalue weighted by molar-refractivity contribution is 0.410. The molecule has 142 valence electrons. The maximum Gasteiger partial charge on any atom is 0.332 e. The lowest BCUT2D eigenvalue weighted by atomic mass is 10.2. The summed E-state index contributed by atoms with van der Waals surface area (Å²) in [5.74, 6) is 1.34. The Kier molecular flexibility index (Phi) is 5.76. The van der Waals surface area contributed by atoms with Crippen LogP contribution in [0.3, 0.4) is 0 Å². The van der Waals surface area contributed by atoms with Gasteiger partial charge in [-0.1, -0.05) is 30.3 Å². The number of thioether (sulfide) groups is 1. The van der Waals surface area contributed by atoms with Gasteiger partial charge < -0.3 is 4.90 Å². The minimum Gasteiger partial charge on any atom is -0.309 e. The number of fused-ring (bicyclic) bond motifs is 1. The highest BCUT2D eigenvalue weighted by Crippen LogP contribution is 2.26. The first-order valence-corrected chi connectivity index (χ1v) is 9.69. The zero-order valence-corrected chi connectivity index (χ0v) is 16.8. The van der Waals surface area contributed by atoms with E-state index in [4.69, 9.17) is 0 Å². The van der Waals surface area contributed by atoms with Crippen LogP contribution in [0.4, 0.5) is 0 Å². The van der Waals surface area contributed by atoms with Crippen molar-refractivity contribution in [2.24, 2.45) is 14.1 Å². The van der Waals surface area contributed by atoms with Crippen LogP contribution in [0.5, 0.6) is 0 Å². The molecule has 0 amide bonds. The molecule has 3 aromatic rings. The molecule has 0 saturated heterocycles. The fourth-order valence-corrected chi connectivity index (χ4v) is 3.74. The molecule has 0 N–H and O–H groups in total. The molecule has 7 nitrogen and oxygen atoms in total. The van der Waals surface area contributed by atoms with Crippen molar-refractivity contribution in [3.63, 3.8) is 0 Å². The predicted molar refractivity (Wildman–Crippen MR) is 109 cm³/mol. The maximum absolute atomic E-state index is 12.8. The molecule has 27 heavy (non-hydrogen) atoms. The number of nitrogens with zero attached hydrogens (tertiary/aromatic N) is 5. The van der Waals surface area contributed by atoms with Crippen LogP contribution >= 0.6 is 11.8 Å². The largest absolute Gasteiger partial charge is 0.332 e. The summed E-state index contributed by atoms with van der Waals surface area (Å²) in [6.45, 7) is 0.956. The van der Waals surface area contributed by atoms with E-state index in [1.165, 1.54) is 23.4 Å². The van der Waals surface area contributed by atoms with Crippen LogP contribution in [0.15, 0.2) is 44.9 Å². The molecule has 0 atom stereocenters. The zero-order chi connectivity index (χ0) is 19.6. The van der Waals surface area contributed by atoms with Crippen molar-refractivity contribution in [3.8, 4) is 11.4 Å². The smallest absolute Gasteiger partial charge is 0.309 e. The number of aromatic nitrogens is 4. The Morgan fingerprint density at radius 3 is 2.41 bits per heavy atom. The Balaban J connectivity index is 2.17. The summed E-state index contributed by atoms with van der Waals surface area (Å²) in [6.07, 6.45) is 0.968. The summed E-state index contributed by atoms with van der Waals surface area (Å²) >= 11 is 1.53. The molecule has 2 heterocycles. The summed E-state index contributed by atoms with van der Waals surface area (Å²) in [4.78, 5) is 36.4. The van der Waals surface area contributed by atoms with Crippen LogP contribution in [-0.4, -0.2) is 50.4 Å². The number of hydrogen-bond acceptors (Lipinski definition) is 6. The van der Waals surface area contributed by atoms with E-state index in [-0.39, 0.29) is 5.56 Å². The summed E-state index contributed by atoms with van der Waals surface area (Å²) in [7, 11) is 7.18. The minimum absolute atomic E-state index is 0.358. The second-order valence-electron chi connectivity index (χ2n) is 6.63. The highest BCUT2D eigenvalue weighted by Gasteiger charge is 2.18. The van der Waals surface area contributed by atoms with Gasteiger partial charge in [0.05, 0.1) is 0 Å². The molecule has 0 fully saturated rings. The van der Waals surface area contributed by atoms with Gasteiger partial charge in [-0.2, -0.15) is 0 Å². The quantitative estimate of drug-likeness (QED) is 0.366. The molecule has 3 rings (SSSR count). The van der Waals surface area contributed by atoms with Gasteiger partial charge in [0.1, 0.15) is 10.4 Å². The average Bonchev–Trinajstić information content (AvgIpc) is 2.68. The Hall–Kier alpha value is -2.45. The van der Waals surface area contributed by atoms with Crippen LogP contribution in [0.25, 0.3) is 22.4 Å². The summed E-state index contributed by atoms with van der Waals surface area (Å²) in [6, 6.07) is 9.58. The molecule has 0 spiro atoms. The van der Waals surface area contributed by atoms with Crippen molar-refractivity contribution in [2.45, 2.75) is 11.4 Å². The normalized spacial score (nSPS) is 11.4. The zero-order valence-electron chi connectivity index (χ0n) is 16.0. The first-order valence-electron chi connectivity index (χ1n) is 8.71. The SMILES string of the molecule is CN(C)CCCSc1nc(-c2ccccc2)nc2c1c(=O)n(C)c(=O)n2C. The molecule has 8 heteroatoms. The second-order valence-corrected chi connectivity index (χ2v) is 7.71. The fourth-order valence-electron chi connectivity index (χ4n) is 2.80. The number of benzene rings is 1. The van der Waals surface area contributed by atoms with Gasteiger partial charge in [-0.05, 0) is 27.1 Å². The van der Waals surface area contributed by atoms with Crippen LogP contribution in [0, 0.1) is 0 Å². The third-order valence-corrected chi connectivity index (χ3v) is 5.35. The lowest BCUT2D eigenvalue weighted by Gasteiger charge is -2.12. The summed E-state index contributed by atoms with van der Waals surface area (Å²) in [5.41, 5.74) is 0.464. The van der Waals surface area contributed by atoms with E-state index in [1.807, 2.05) is 44.4 Å². The maximum atomic E-state index is 12.8. The van der Waals surface area contributed by atoms with Crippen molar-refractivity contribution in [1.82, 2.24) is 24.0 Å². The fraction of sp³-hybridized carbons (Fsp3) is 0.368. The first kappa shape index (κ1) is 19.3. The van der Waals surface area contributed by atoms with Crippen LogP contribution in [-0.2, 0) is 14.1 Å². The Morgan fingerprint density at radius 1 is 1.04 bits per heavy atom.